The number of anilines is 1. The van der Waals surface area contributed by atoms with Crippen LogP contribution in [-0.2, 0) is 9.59 Å². The molecule has 1 saturated heterocycles. The van der Waals surface area contributed by atoms with Crippen LogP contribution in [0, 0.1) is 13.8 Å². The van der Waals surface area contributed by atoms with Crippen LogP contribution in [0.3, 0.4) is 0 Å². The number of nitrogens with one attached hydrogen (secondary N) is 1. The molecular formula is C24H21N3O5. The Labute approximate surface area is 184 Å². The molecule has 162 valence electrons. The fourth-order valence-electron chi connectivity index (χ4n) is 3.74. The lowest BCUT2D eigenvalue weighted by Gasteiger charge is -2.26. The van der Waals surface area contributed by atoms with Gasteiger partial charge in [0.15, 0.2) is 0 Å². The van der Waals surface area contributed by atoms with Crippen LogP contribution < -0.4 is 15.0 Å². The molecule has 0 saturated carbocycles. The average molecular weight is 431 g/mol. The van der Waals surface area contributed by atoms with Crippen LogP contribution in [0.4, 0.5) is 10.5 Å². The van der Waals surface area contributed by atoms with E-state index in [0.29, 0.717) is 17.0 Å². The molecular weight excluding hydrogens is 410 g/mol. The van der Waals surface area contributed by atoms with Crippen molar-refractivity contribution in [2.45, 2.75) is 13.8 Å². The summed E-state index contributed by atoms with van der Waals surface area (Å²) < 4.78 is 7.02. The number of urea groups is 1. The maximum absolute atomic E-state index is 13.1. The first-order valence-corrected chi connectivity index (χ1v) is 9.84. The van der Waals surface area contributed by atoms with Crippen LogP contribution >= 0.6 is 0 Å². The number of benzene rings is 2. The van der Waals surface area contributed by atoms with Gasteiger partial charge >= 0.3 is 6.03 Å². The second-order valence-electron chi connectivity index (χ2n) is 7.34. The number of hydrogen-bond donors (Lipinski definition) is 2. The molecule has 2 aromatic carbocycles. The lowest BCUT2D eigenvalue weighted by molar-refractivity contribution is -0.122. The van der Waals surface area contributed by atoms with Crippen LogP contribution in [-0.4, -0.2) is 34.6 Å². The number of amides is 4. The molecule has 8 nitrogen and oxygen atoms in total. The second-order valence-corrected chi connectivity index (χ2v) is 7.34. The number of ether oxygens (including phenoxy) is 1. The SMILES string of the molecule is COc1ccc(N2C(=O)NC(=O)C(=Cc3cc(C)n(-c4cccc(O)c4)c3C)C2=O)cc1. The summed E-state index contributed by atoms with van der Waals surface area (Å²) in [7, 11) is 1.51. The Morgan fingerprint density at radius 1 is 0.969 bits per heavy atom. The fourth-order valence-corrected chi connectivity index (χ4v) is 3.74. The Morgan fingerprint density at radius 2 is 1.69 bits per heavy atom. The number of phenols is 1. The average Bonchev–Trinajstić information content (AvgIpc) is 3.04. The Balaban J connectivity index is 1.74. The maximum Gasteiger partial charge on any atom is 0.335 e. The summed E-state index contributed by atoms with van der Waals surface area (Å²) in [6.45, 7) is 3.73. The highest BCUT2D eigenvalue weighted by Crippen LogP contribution is 2.27. The lowest BCUT2D eigenvalue weighted by atomic mass is 10.1. The zero-order chi connectivity index (χ0) is 23.0. The predicted octanol–water partition coefficient (Wildman–Crippen LogP) is 3.47. The predicted molar refractivity (Wildman–Crippen MR) is 119 cm³/mol. The van der Waals surface area contributed by atoms with Gasteiger partial charge in [0.25, 0.3) is 11.8 Å². The van der Waals surface area contributed by atoms with Gasteiger partial charge in [-0.1, -0.05) is 6.07 Å². The number of imide groups is 2. The summed E-state index contributed by atoms with van der Waals surface area (Å²) in [5.41, 5.74) is 3.18. The summed E-state index contributed by atoms with van der Waals surface area (Å²) in [6, 6.07) is 14.2. The van der Waals surface area contributed by atoms with E-state index in [1.807, 2.05) is 30.5 Å². The number of carbonyl (C=O) groups is 3. The Kier molecular flexibility index (Phi) is 5.28. The third kappa shape index (κ3) is 3.62. The van der Waals surface area contributed by atoms with E-state index < -0.39 is 17.8 Å². The molecule has 1 aliphatic heterocycles. The van der Waals surface area contributed by atoms with Gasteiger partial charge in [-0.25, -0.2) is 9.69 Å². The summed E-state index contributed by atoms with van der Waals surface area (Å²) in [5, 5.41) is 12.0. The fraction of sp³-hybridized carbons (Fsp3) is 0.125. The molecule has 4 rings (SSSR count). The highest BCUT2D eigenvalue weighted by Gasteiger charge is 2.37. The van der Waals surface area contributed by atoms with Crippen molar-refractivity contribution in [2.75, 3.05) is 12.0 Å². The van der Waals surface area contributed by atoms with Gasteiger partial charge in [0, 0.05) is 23.1 Å². The zero-order valence-electron chi connectivity index (χ0n) is 17.7. The van der Waals surface area contributed by atoms with Crippen LogP contribution in [0.15, 0.2) is 60.2 Å². The quantitative estimate of drug-likeness (QED) is 0.487. The van der Waals surface area contributed by atoms with Gasteiger partial charge in [0.2, 0.25) is 0 Å². The molecule has 2 heterocycles. The van der Waals surface area contributed by atoms with Crippen LogP contribution in [0.1, 0.15) is 17.0 Å². The van der Waals surface area contributed by atoms with Crippen LogP contribution in [0.5, 0.6) is 11.5 Å². The van der Waals surface area contributed by atoms with Gasteiger partial charge in [0.05, 0.1) is 12.8 Å². The maximum atomic E-state index is 13.1. The zero-order valence-corrected chi connectivity index (χ0v) is 17.7. The molecule has 0 spiro atoms. The summed E-state index contributed by atoms with van der Waals surface area (Å²) in [6.07, 6.45) is 1.47. The molecule has 1 fully saturated rings. The van der Waals surface area contributed by atoms with Crippen molar-refractivity contribution in [3.8, 4) is 17.2 Å². The number of barbiturate groups is 1. The first-order valence-electron chi connectivity index (χ1n) is 9.84. The Hall–Kier alpha value is -4.33. The smallest absolute Gasteiger partial charge is 0.335 e. The largest absolute Gasteiger partial charge is 0.508 e. The molecule has 0 bridgehead atoms. The molecule has 2 N–H and O–H groups in total. The van der Waals surface area contributed by atoms with Crippen molar-refractivity contribution < 1.29 is 24.2 Å². The van der Waals surface area contributed by atoms with Crippen molar-refractivity contribution >= 4 is 29.6 Å². The number of methoxy groups -OCH3 is 1. The third-order valence-electron chi connectivity index (χ3n) is 5.29. The van der Waals surface area contributed by atoms with E-state index in [1.165, 1.54) is 13.2 Å². The van der Waals surface area contributed by atoms with E-state index in [1.54, 1.807) is 42.5 Å². The normalized spacial score (nSPS) is 15.3. The van der Waals surface area contributed by atoms with E-state index >= 15 is 0 Å². The highest BCUT2D eigenvalue weighted by atomic mass is 16.5. The molecule has 0 radical (unpaired) electrons. The summed E-state index contributed by atoms with van der Waals surface area (Å²) >= 11 is 0. The number of aryl methyl sites for hydroxylation is 1. The van der Waals surface area contributed by atoms with E-state index in [2.05, 4.69) is 5.32 Å². The number of hydrogen-bond acceptors (Lipinski definition) is 5. The molecule has 4 amide bonds. The van der Waals surface area contributed by atoms with Crippen molar-refractivity contribution in [1.82, 2.24) is 9.88 Å². The second kappa shape index (κ2) is 8.07. The molecule has 32 heavy (non-hydrogen) atoms. The summed E-state index contributed by atoms with van der Waals surface area (Å²) in [4.78, 5) is 38.9. The third-order valence-corrected chi connectivity index (χ3v) is 5.29. The lowest BCUT2D eigenvalue weighted by Crippen LogP contribution is -2.54. The van der Waals surface area contributed by atoms with E-state index in [9.17, 15) is 19.5 Å². The molecule has 0 aliphatic carbocycles. The number of carbonyl (C=O) groups excluding carboxylic acids is 3. The van der Waals surface area contributed by atoms with Crippen LogP contribution in [0.25, 0.3) is 11.8 Å². The molecule has 0 unspecified atom stereocenters. The first kappa shape index (κ1) is 20.9. The van der Waals surface area contributed by atoms with E-state index in [-0.39, 0.29) is 11.3 Å². The molecule has 8 heteroatoms. The van der Waals surface area contributed by atoms with Crippen molar-refractivity contribution in [3.05, 3.63) is 77.1 Å². The van der Waals surface area contributed by atoms with Gasteiger partial charge in [0.1, 0.15) is 17.1 Å². The minimum atomic E-state index is -0.812. The monoisotopic (exact) mass is 431 g/mol. The van der Waals surface area contributed by atoms with Crippen molar-refractivity contribution in [2.24, 2.45) is 0 Å². The molecule has 1 aliphatic rings. The number of nitrogens with zero attached hydrogens (tertiary/aromatic N) is 2. The standard InChI is InChI=1S/C24H21N3O5/c1-14-11-16(15(2)26(14)18-5-4-6-19(28)13-18)12-21-22(29)25-24(31)27(23(21)30)17-7-9-20(32-3)10-8-17/h4-13,28H,1-3H3,(H,25,29,31). The minimum absolute atomic E-state index is 0.130. The molecule has 3 aromatic rings. The van der Waals surface area contributed by atoms with Gasteiger partial charge in [-0.2, -0.15) is 0 Å². The van der Waals surface area contributed by atoms with Crippen molar-refractivity contribution in [1.29, 1.82) is 0 Å². The van der Waals surface area contributed by atoms with Gasteiger partial charge in [-0.05, 0) is 68.0 Å². The Bertz CT molecular complexity index is 1270. The van der Waals surface area contributed by atoms with Gasteiger partial charge in [-0.15, -0.1) is 0 Å². The van der Waals surface area contributed by atoms with Gasteiger partial charge in [-0.3, -0.25) is 14.9 Å². The molecule has 1 aromatic heterocycles. The Morgan fingerprint density at radius 3 is 2.34 bits per heavy atom. The number of phenolic OH excluding ortho intramolecular Hbond substituents is 1. The van der Waals surface area contributed by atoms with Crippen LogP contribution in [0.2, 0.25) is 0 Å². The first-order chi connectivity index (χ1) is 15.3. The van der Waals surface area contributed by atoms with E-state index in [4.69, 9.17) is 4.74 Å². The summed E-state index contributed by atoms with van der Waals surface area (Å²) in [5.74, 6) is -0.770. The topological polar surface area (TPSA) is 101 Å². The molecule has 0 atom stereocenters. The van der Waals surface area contributed by atoms with Crippen molar-refractivity contribution in [3.63, 3.8) is 0 Å². The number of aromatic hydroxyl groups is 1. The number of aromatic nitrogens is 1. The van der Waals surface area contributed by atoms with Gasteiger partial charge < -0.3 is 14.4 Å². The van der Waals surface area contributed by atoms with E-state index in [0.717, 1.165) is 22.0 Å². The minimum Gasteiger partial charge on any atom is -0.508 e. The highest BCUT2D eigenvalue weighted by molar-refractivity contribution is 6.39. The number of rotatable bonds is 4.